The van der Waals surface area contributed by atoms with Gasteiger partial charge in [0.1, 0.15) is 5.02 Å². The second-order valence-electron chi connectivity index (χ2n) is 5.77. The lowest BCUT2D eigenvalue weighted by molar-refractivity contribution is -0.384. The number of nitro benzene ring substituents is 1. The maximum atomic E-state index is 12.6. The third kappa shape index (κ3) is 3.33. The second-order valence-corrected chi connectivity index (χ2v) is 6.15. The lowest BCUT2D eigenvalue weighted by Gasteiger charge is -2.41. The van der Waals surface area contributed by atoms with Crippen LogP contribution in [0.4, 0.5) is 5.69 Å². The first-order valence-corrected chi connectivity index (χ1v) is 6.99. The van der Waals surface area contributed by atoms with Crippen LogP contribution in [0.3, 0.4) is 0 Å². The van der Waals surface area contributed by atoms with Gasteiger partial charge in [-0.1, -0.05) is 17.7 Å². The first-order valence-electron chi connectivity index (χ1n) is 6.61. The number of amides is 1. The van der Waals surface area contributed by atoms with Crippen LogP contribution < -0.4 is 0 Å². The Kier molecular flexibility index (Phi) is 4.20. The summed E-state index contributed by atoms with van der Waals surface area (Å²) in [5.41, 5.74) is -0.570. The molecule has 0 bridgehead atoms. The van der Waals surface area contributed by atoms with Crippen LogP contribution in [0.15, 0.2) is 18.2 Å². The maximum absolute atomic E-state index is 12.6. The Morgan fingerprint density at radius 2 is 2.19 bits per heavy atom. The molecule has 1 amide bonds. The number of hydrogen-bond donors (Lipinski definition) is 0. The number of halogens is 1. The Morgan fingerprint density at radius 1 is 1.52 bits per heavy atom. The number of carbonyl (C=O) groups excluding carboxylic acids is 1. The average molecular weight is 313 g/mol. The highest BCUT2D eigenvalue weighted by atomic mass is 35.5. The first kappa shape index (κ1) is 15.7. The van der Waals surface area contributed by atoms with E-state index in [1.807, 2.05) is 20.8 Å². The zero-order valence-electron chi connectivity index (χ0n) is 12.1. The van der Waals surface area contributed by atoms with E-state index >= 15 is 0 Å². The van der Waals surface area contributed by atoms with Gasteiger partial charge in [-0.2, -0.15) is 0 Å². The molecule has 1 fully saturated rings. The van der Waals surface area contributed by atoms with Crippen molar-refractivity contribution >= 4 is 23.2 Å². The van der Waals surface area contributed by atoms with Crippen LogP contribution in [0.25, 0.3) is 0 Å². The molecule has 0 aliphatic carbocycles. The van der Waals surface area contributed by atoms with Crippen molar-refractivity contribution < 1.29 is 14.5 Å². The normalized spacial score (nSPS) is 21.1. The van der Waals surface area contributed by atoms with Crippen molar-refractivity contribution in [3.63, 3.8) is 0 Å². The summed E-state index contributed by atoms with van der Waals surface area (Å²) < 4.78 is 5.75. The summed E-state index contributed by atoms with van der Waals surface area (Å²) in [6, 6.07) is 4.25. The summed E-state index contributed by atoms with van der Waals surface area (Å²) in [6.45, 7) is 6.53. The summed E-state index contributed by atoms with van der Waals surface area (Å²) in [7, 11) is 0. The lowest BCUT2D eigenvalue weighted by Crippen LogP contribution is -2.53. The van der Waals surface area contributed by atoms with Crippen LogP contribution in [-0.2, 0) is 4.74 Å². The summed E-state index contributed by atoms with van der Waals surface area (Å²) in [4.78, 5) is 24.5. The van der Waals surface area contributed by atoms with Crippen molar-refractivity contribution in [1.82, 2.24) is 4.90 Å². The van der Waals surface area contributed by atoms with E-state index in [1.165, 1.54) is 18.2 Å². The van der Waals surface area contributed by atoms with E-state index in [2.05, 4.69) is 0 Å². The number of nitrogens with zero attached hydrogens (tertiary/aromatic N) is 2. The van der Waals surface area contributed by atoms with E-state index in [-0.39, 0.29) is 28.3 Å². The molecule has 0 spiro atoms. The fourth-order valence-electron chi connectivity index (χ4n) is 2.60. The molecule has 0 N–H and O–H groups in total. The molecular formula is C14H17ClN2O4. The van der Waals surface area contributed by atoms with Gasteiger partial charge in [-0.15, -0.1) is 0 Å². The van der Waals surface area contributed by atoms with Gasteiger partial charge in [0.2, 0.25) is 0 Å². The minimum absolute atomic E-state index is 0.102. The molecule has 0 saturated carbocycles. The highest BCUT2D eigenvalue weighted by Crippen LogP contribution is 2.30. The summed E-state index contributed by atoms with van der Waals surface area (Å²) in [5, 5.41) is 10.8. The monoisotopic (exact) mass is 312 g/mol. The van der Waals surface area contributed by atoms with Gasteiger partial charge >= 0.3 is 0 Å². The lowest BCUT2D eigenvalue weighted by atomic mass is 10.0. The van der Waals surface area contributed by atoms with Crippen LogP contribution in [0.5, 0.6) is 0 Å². The minimum atomic E-state index is -0.592. The molecule has 6 nitrogen and oxygen atoms in total. The third-order valence-corrected chi connectivity index (χ3v) is 3.66. The molecule has 2 rings (SSSR count). The van der Waals surface area contributed by atoms with Gasteiger partial charge in [0.15, 0.2) is 0 Å². The Morgan fingerprint density at radius 3 is 2.76 bits per heavy atom. The van der Waals surface area contributed by atoms with Crippen molar-refractivity contribution in [2.45, 2.75) is 32.5 Å². The van der Waals surface area contributed by atoms with Gasteiger partial charge in [-0.3, -0.25) is 14.9 Å². The predicted molar refractivity (Wildman–Crippen MR) is 78.6 cm³/mol. The van der Waals surface area contributed by atoms with E-state index < -0.39 is 10.5 Å². The van der Waals surface area contributed by atoms with E-state index in [4.69, 9.17) is 16.3 Å². The molecule has 1 heterocycles. The largest absolute Gasteiger partial charge is 0.369 e. The predicted octanol–water partition coefficient (Wildman–Crippen LogP) is 2.89. The van der Waals surface area contributed by atoms with Gasteiger partial charge in [0, 0.05) is 19.2 Å². The average Bonchev–Trinajstić information content (AvgIpc) is 2.35. The van der Waals surface area contributed by atoms with E-state index in [1.54, 1.807) is 4.90 Å². The van der Waals surface area contributed by atoms with Crippen molar-refractivity contribution in [3.8, 4) is 0 Å². The third-order valence-electron chi connectivity index (χ3n) is 3.26. The highest BCUT2D eigenvalue weighted by Gasteiger charge is 2.35. The van der Waals surface area contributed by atoms with Crippen molar-refractivity contribution in [3.05, 3.63) is 38.9 Å². The first-order chi connectivity index (χ1) is 9.71. The molecule has 7 heteroatoms. The summed E-state index contributed by atoms with van der Waals surface area (Å²) in [6.07, 6.45) is -0.102. The number of morpholine rings is 1. The fourth-order valence-corrected chi connectivity index (χ4v) is 2.88. The molecule has 114 valence electrons. The van der Waals surface area contributed by atoms with Crippen LogP contribution in [0.1, 0.15) is 31.1 Å². The van der Waals surface area contributed by atoms with Crippen LogP contribution >= 0.6 is 11.6 Å². The topological polar surface area (TPSA) is 72.7 Å². The van der Waals surface area contributed by atoms with Gasteiger partial charge in [0.25, 0.3) is 11.6 Å². The van der Waals surface area contributed by atoms with Crippen LogP contribution in [-0.4, -0.2) is 40.5 Å². The number of rotatable bonds is 2. The SMILES string of the molecule is CC1CN(C(=O)c2cccc([N+](=O)[O-])c2Cl)CC(C)(C)O1. The molecule has 0 aromatic heterocycles. The molecule has 0 radical (unpaired) electrons. The Balaban J connectivity index is 2.32. The number of carbonyl (C=O) groups is 1. The number of benzene rings is 1. The summed E-state index contributed by atoms with van der Waals surface area (Å²) in [5.74, 6) is -0.313. The van der Waals surface area contributed by atoms with Gasteiger partial charge in [-0.05, 0) is 26.8 Å². The molecule has 1 aliphatic rings. The van der Waals surface area contributed by atoms with E-state index in [9.17, 15) is 14.9 Å². The summed E-state index contributed by atoms with van der Waals surface area (Å²) >= 11 is 6.00. The molecule has 1 unspecified atom stereocenters. The van der Waals surface area contributed by atoms with Gasteiger partial charge < -0.3 is 9.64 Å². The highest BCUT2D eigenvalue weighted by molar-refractivity contribution is 6.35. The number of ether oxygens (including phenoxy) is 1. The molecule has 1 atom stereocenters. The Labute approximate surface area is 127 Å². The zero-order valence-corrected chi connectivity index (χ0v) is 12.9. The molecule has 1 aromatic rings. The smallest absolute Gasteiger partial charge is 0.288 e. The van der Waals surface area contributed by atoms with Crippen molar-refractivity contribution in [2.75, 3.05) is 13.1 Å². The van der Waals surface area contributed by atoms with Crippen molar-refractivity contribution in [2.24, 2.45) is 0 Å². The second kappa shape index (κ2) is 5.61. The van der Waals surface area contributed by atoms with E-state index in [0.29, 0.717) is 13.1 Å². The zero-order chi connectivity index (χ0) is 15.8. The Bertz CT molecular complexity index is 588. The van der Waals surface area contributed by atoms with Crippen molar-refractivity contribution in [1.29, 1.82) is 0 Å². The minimum Gasteiger partial charge on any atom is -0.369 e. The number of hydrogen-bond acceptors (Lipinski definition) is 4. The number of nitro groups is 1. The molecular weight excluding hydrogens is 296 g/mol. The maximum Gasteiger partial charge on any atom is 0.288 e. The molecule has 1 saturated heterocycles. The fraction of sp³-hybridized carbons (Fsp3) is 0.500. The molecule has 1 aliphatic heterocycles. The Hall–Kier alpha value is -1.66. The molecule has 1 aromatic carbocycles. The standard InChI is InChI=1S/C14H17ClN2O4/c1-9-7-16(8-14(2,3)21-9)13(18)10-5-4-6-11(12(10)15)17(19)20/h4-6,9H,7-8H2,1-3H3. The van der Waals surface area contributed by atoms with Crippen LogP contribution in [0.2, 0.25) is 5.02 Å². The van der Waals surface area contributed by atoms with Crippen LogP contribution in [0, 0.1) is 10.1 Å². The molecule has 21 heavy (non-hydrogen) atoms. The van der Waals surface area contributed by atoms with E-state index in [0.717, 1.165) is 0 Å². The quantitative estimate of drug-likeness (QED) is 0.621. The van der Waals surface area contributed by atoms with Gasteiger partial charge in [0.05, 0.1) is 22.2 Å². The van der Waals surface area contributed by atoms with Gasteiger partial charge in [-0.25, -0.2) is 0 Å².